The van der Waals surface area contributed by atoms with Crippen molar-refractivity contribution < 1.29 is 9.72 Å². The van der Waals surface area contributed by atoms with E-state index in [1.165, 1.54) is 18.2 Å². The smallest absolute Gasteiger partial charge is 0.271 e. The highest BCUT2D eigenvalue weighted by molar-refractivity contribution is 6.31. The normalized spacial score (nSPS) is 21.7. The van der Waals surface area contributed by atoms with Crippen LogP contribution in [0, 0.1) is 16.0 Å². The van der Waals surface area contributed by atoms with Crippen LogP contribution < -0.4 is 11.1 Å². The zero-order valence-electron chi connectivity index (χ0n) is 10.8. The highest BCUT2D eigenvalue weighted by Crippen LogP contribution is 2.26. The second-order valence-electron chi connectivity index (χ2n) is 4.96. The summed E-state index contributed by atoms with van der Waals surface area (Å²) in [6.07, 6.45) is 2.91. The predicted octanol–water partition coefficient (Wildman–Crippen LogP) is 2.11. The second-order valence-corrected chi connectivity index (χ2v) is 5.40. The van der Waals surface area contributed by atoms with Crippen LogP contribution in [-0.2, 0) is 0 Å². The van der Waals surface area contributed by atoms with Gasteiger partial charge in [-0.3, -0.25) is 14.9 Å². The van der Waals surface area contributed by atoms with Crippen molar-refractivity contribution in [2.45, 2.75) is 25.3 Å². The Balaban J connectivity index is 2.15. The van der Waals surface area contributed by atoms with Crippen LogP contribution in [0.1, 0.15) is 29.6 Å². The van der Waals surface area contributed by atoms with Crippen molar-refractivity contribution in [1.82, 2.24) is 5.32 Å². The third kappa shape index (κ3) is 3.26. The lowest BCUT2D eigenvalue weighted by Crippen LogP contribution is -2.39. The standard InChI is InChI=1S/C13H16ClN3O3/c14-10-4-9(5-11(6-10)17(19)20)13(18)16-12-3-1-2-8(12)7-15/h4-6,8,12H,1-3,7,15H2,(H,16,18). The number of rotatable bonds is 4. The Hall–Kier alpha value is -1.66. The third-order valence-corrected chi connectivity index (χ3v) is 3.85. The molecule has 6 nitrogen and oxygen atoms in total. The fraction of sp³-hybridized carbons (Fsp3) is 0.462. The molecule has 1 amide bonds. The van der Waals surface area contributed by atoms with Crippen molar-refractivity contribution in [3.8, 4) is 0 Å². The van der Waals surface area contributed by atoms with E-state index < -0.39 is 4.92 Å². The molecule has 0 aliphatic heterocycles. The summed E-state index contributed by atoms with van der Waals surface area (Å²) in [6, 6.07) is 3.91. The van der Waals surface area contributed by atoms with Crippen LogP contribution in [0.4, 0.5) is 5.69 Å². The number of nitrogens with two attached hydrogens (primary N) is 1. The van der Waals surface area contributed by atoms with Crippen LogP contribution in [-0.4, -0.2) is 23.4 Å². The molecule has 1 fully saturated rings. The van der Waals surface area contributed by atoms with Gasteiger partial charge in [0.1, 0.15) is 0 Å². The lowest BCUT2D eigenvalue weighted by atomic mass is 10.0. The Morgan fingerprint density at radius 1 is 1.45 bits per heavy atom. The molecule has 0 heterocycles. The molecule has 108 valence electrons. The predicted molar refractivity (Wildman–Crippen MR) is 75.8 cm³/mol. The molecule has 1 saturated carbocycles. The number of nitrogens with zero attached hydrogens (tertiary/aromatic N) is 1. The van der Waals surface area contributed by atoms with Gasteiger partial charge < -0.3 is 11.1 Å². The number of carbonyl (C=O) groups is 1. The van der Waals surface area contributed by atoms with E-state index in [1.807, 2.05) is 0 Å². The summed E-state index contributed by atoms with van der Waals surface area (Å²) in [5.41, 5.74) is 5.68. The molecular formula is C13H16ClN3O3. The first kappa shape index (κ1) is 14.7. The van der Waals surface area contributed by atoms with Gasteiger partial charge in [-0.1, -0.05) is 18.0 Å². The lowest BCUT2D eigenvalue weighted by Gasteiger charge is -2.19. The molecule has 0 saturated heterocycles. The minimum atomic E-state index is -0.569. The number of amides is 1. The third-order valence-electron chi connectivity index (χ3n) is 3.63. The van der Waals surface area contributed by atoms with Gasteiger partial charge >= 0.3 is 0 Å². The molecule has 20 heavy (non-hydrogen) atoms. The maximum atomic E-state index is 12.2. The SMILES string of the molecule is NCC1CCCC1NC(=O)c1cc(Cl)cc([N+](=O)[O-])c1. The summed E-state index contributed by atoms with van der Waals surface area (Å²) in [5, 5.41) is 13.8. The summed E-state index contributed by atoms with van der Waals surface area (Å²) in [6.45, 7) is 0.528. The number of carbonyl (C=O) groups excluding carboxylic acids is 1. The van der Waals surface area contributed by atoms with E-state index in [-0.39, 0.29) is 34.1 Å². The fourth-order valence-electron chi connectivity index (χ4n) is 2.57. The number of nitro groups is 1. The van der Waals surface area contributed by atoms with E-state index in [0.717, 1.165) is 19.3 Å². The highest BCUT2D eigenvalue weighted by atomic mass is 35.5. The molecule has 1 aliphatic carbocycles. The summed E-state index contributed by atoms with van der Waals surface area (Å²) in [5.74, 6) is -0.0749. The Morgan fingerprint density at radius 3 is 2.85 bits per heavy atom. The maximum absolute atomic E-state index is 12.2. The number of halogens is 1. The molecule has 0 spiro atoms. The molecule has 1 aliphatic rings. The molecule has 7 heteroatoms. The van der Waals surface area contributed by atoms with Crippen molar-refractivity contribution in [3.63, 3.8) is 0 Å². The molecule has 3 N–H and O–H groups in total. The first-order valence-electron chi connectivity index (χ1n) is 6.47. The van der Waals surface area contributed by atoms with E-state index in [9.17, 15) is 14.9 Å². The number of nitrogens with one attached hydrogen (secondary N) is 1. The van der Waals surface area contributed by atoms with Gasteiger partial charge in [0.15, 0.2) is 0 Å². The first-order chi connectivity index (χ1) is 9.51. The largest absolute Gasteiger partial charge is 0.349 e. The number of hydrogen-bond acceptors (Lipinski definition) is 4. The summed E-state index contributed by atoms with van der Waals surface area (Å²) in [4.78, 5) is 22.4. The van der Waals surface area contributed by atoms with Crippen molar-refractivity contribution in [2.24, 2.45) is 11.7 Å². The zero-order chi connectivity index (χ0) is 14.7. The van der Waals surface area contributed by atoms with Crippen LogP contribution in [0.25, 0.3) is 0 Å². The fourth-order valence-corrected chi connectivity index (χ4v) is 2.80. The molecule has 2 unspecified atom stereocenters. The van der Waals surface area contributed by atoms with Crippen molar-refractivity contribution in [2.75, 3.05) is 6.54 Å². The van der Waals surface area contributed by atoms with Gasteiger partial charge in [-0.25, -0.2) is 0 Å². The van der Waals surface area contributed by atoms with Crippen LogP contribution in [0.3, 0.4) is 0 Å². The molecule has 2 rings (SSSR count). The average molecular weight is 298 g/mol. The van der Waals surface area contributed by atoms with Gasteiger partial charge in [0.2, 0.25) is 0 Å². The number of non-ortho nitro benzene ring substituents is 1. The Labute approximate surface area is 121 Å². The Morgan fingerprint density at radius 2 is 2.20 bits per heavy atom. The van der Waals surface area contributed by atoms with Gasteiger partial charge in [0, 0.05) is 28.8 Å². The average Bonchev–Trinajstić information content (AvgIpc) is 2.85. The Kier molecular flexibility index (Phi) is 4.57. The minimum Gasteiger partial charge on any atom is -0.349 e. The summed E-state index contributed by atoms with van der Waals surface area (Å²) >= 11 is 5.81. The monoisotopic (exact) mass is 297 g/mol. The highest BCUT2D eigenvalue weighted by Gasteiger charge is 2.28. The molecule has 0 bridgehead atoms. The van der Waals surface area contributed by atoms with Gasteiger partial charge in [0.05, 0.1) is 4.92 Å². The quantitative estimate of drug-likeness (QED) is 0.657. The molecular weight excluding hydrogens is 282 g/mol. The molecule has 1 aromatic carbocycles. The van der Waals surface area contributed by atoms with Gasteiger partial charge in [-0.05, 0) is 31.4 Å². The van der Waals surface area contributed by atoms with Gasteiger partial charge in [0.25, 0.3) is 11.6 Å². The van der Waals surface area contributed by atoms with Crippen molar-refractivity contribution >= 4 is 23.2 Å². The van der Waals surface area contributed by atoms with Crippen LogP contribution in [0.15, 0.2) is 18.2 Å². The number of benzene rings is 1. The van der Waals surface area contributed by atoms with E-state index >= 15 is 0 Å². The molecule has 0 radical (unpaired) electrons. The van der Waals surface area contributed by atoms with Crippen LogP contribution in [0.2, 0.25) is 5.02 Å². The van der Waals surface area contributed by atoms with Crippen LogP contribution in [0.5, 0.6) is 0 Å². The topological polar surface area (TPSA) is 98.3 Å². The van der Waals surface area contributed by atoms with Gasteiger partial charge in [-0.15, -0.1) is 0 Å². The summed E-state index contributed by atoms with van der Waals surface area (Å²) in [7, 11) is 0. The van der Waals surface area contributed by atoms with E-state index in [2.05, 4.69) is 5.32 Å². The first-order valence-corrected chi connectivity index (χ1v) is 6.85. The minimum absolute atomic E-state index is 0.0329. The van der Waals surface area contributed by atoms with Crippen molar-refractivity contribution in [1.29, 1.82) is 0 Å². The zero-order valence-corrected chi connectivity index (χ0v) is 11.6. The second kappa shape index (κ2) is 6.19. The number of nitro benzene ring substituents is 1. The molecule has 2 atom stereocenters. The number of hydrogen-bond donors (Lipinski definition) is 2. The van der Waals surface area contributed by atoms with E-state index in [4.69, 9.17) is 17.3 Å². The lowest BCUT2D eigenvalue weighted by molar-refractivity contribution is -0.384. The van der Waals surface area contributed by atoms with E-state index in [0.29, 0.717) is 6.54 Å². The molecule has 0 aromatic heterocycles. The molecule has 1 aromatic rings. The summed E-state index contributed by atoms with van der Waals surface area (Å²) < 4.78 is 0. The van der Waals surface area contributed by atoms with Crippen molar-refractivity contribution in [3.05, 3.63) is 38.9 Å². The van der Waals surface area contributed by atoms with Crippen LogP contribution >= 0.6 is 11.6 Å². The maximum Gasteiger partial charge on any atom is 0.271 e. The van der Waals surface area contributed by atoms with E-state index in [1.54, 1.807) is 0 Å². The Bertz CT molecular complexity index is 536. The van der Waals surface area contributed by atoms with Gasteiger partial charge in [-0.2, -0.15) is 0 Å².